The van der Waals surface area contributed by atoms with Crippen LogP contribution in [0.2, 0.25) is 0 Å². The minimum atomic E-state index is -0.561. The molecule has 0 aliphatic rings. The van der Waals surface area contributed by atoms with Gasteiger partial charge in [0.2, 0.25) is 5.91 Å². The van der Waals surface area contributed by atoms with E-state index in [9.17, 15) is 9.59 Å². The first-order chi connectivity index (χ1) is 13.4. The third-order valence-corrected chi connectivity index (χ3v) is 4.97. The summed E-state index contributed by atoms with van der Waals surface area (Å²) < 4.78 is 9.19. The Morgan fingerprint density at radius 1 is 1.32 bits per heavy atom. The maximum atomic E-state index is 12.7. The molecule has 10 heteroatoms. The number of carbonyl (C=O) groups excluding carboxylic acids is 2. The lowest BCUT2D eigenvalue weighted by Gasteiger charge is -2.12. The molecule has 9 nitrogen and oxygen atoms in total. The molecule has 2 N–H and O–H groups in total. The lowest BCUT2D eigenvalue weighted by atomic mass is 10.3. The molecule has 0 aliphatic carbocycles. The van der Waals surface area contributed by atoms with Crippen molar-refractivity contribution < 1.29 is 14.0 Å². The van der Waals surface area contributed by atoms with Crippen LogP contribution in [-0.2, 0) is 17.9 Å². The molecule has 3 aromatic heterocycles. The molecule has 0 spiro atoms. The van der Waals surface area contributed by atoms with Crippen LogP contribution in [0.25, 0.3) is 0 Å². The van der Waals surface area contributed by atoms with Crippen LogP contribution in [0.4, 0.5) is 5.69 Å². The van der Waals surface area contributed by atoms with Crippen molar-refractivity contribution in [2.75, 3.05) is 5.32 Å². The summed E-state index contributed by atoms with van der Waals surface area (Å²) in [6.45, 7) is 6.27. The number of hydrogen-bond donors (Lipinski definition) is 2. The second-order valence-corrected chi connectivity index (χ2v) is 7.07. The molecule has 0 saturated heterocycles. The summed E-state index contributed by atoms with van der Waals surface area (Å²) in [6, 6.07) is 2.95. The number of halogens is 1. The Kier molecular flexibility index (Phi) is 5.98. The van der Waals surface area contributed by atoms with E-state index in [1.165, 1.54) is 6.26 Å². The zero-order valence-electron chi connectivity index (χ0n) is 15.8. The van der Waals surface area contributed by atoms with Crippen LogP contribution in [0.15, 0.2) is 39.7 Å². The van der Waals surface area contributed by atoms with Crippen molar-refractivity contribution in [3.05, 3.63) is 52.4 Å². The van der Waals surface area contributed by atoms with E-state index in [-0.39, 0.29) is 18.1 Å². The lowest BCUT2D eigenvalue weighted by Crippen LogP contribution is -2.27. The fourth-order valence-corrected chi connectivity index (χ4v) is 2.81. The number of aromatic nitrogens is 4. The number of aryl methyl sites for hydroxylation is 2. The fraction of sp³-hybridized carbons (Fsp3) is 0.333. The molecule has 2 amide bonds. The van der Waals surface area contributed by atoms with Crippen molar-refractivity contribution in [1.29, 1.82) is 0 Å². The summed E-state index contributed by atoms with van der Waals surface area (Å²) in [6.07, 6.45) is 4.92. The van der Waals surface area contributed by atoms with Gasteiger partial charge in [0.05, 0.1) is 28.7 Å². The highest BCUT2D eigenvalue weighted by molar-refractivity contribution is 9.10. The standard InChI is InChI=1S/C18H21BrN6O3/c1-4-24-10-15(16(23-24)18(27)20-8-13-6-5-7-28-13)21-17(26)12(3)25-9-14(19)11(2)22-25/h5-7,9-10,12H,4,8H2,1-3H3,(H,20,27)(H,21,26)/t12-/m1/s1. The van der Waals surface area contributed by atoms with Crippen LogP contribution in [-0.4, -0.2) is 31.4 Å². The molecule has 0 bridgehead atoms. The number of anilines is 1. The third kappa shape index (κ3) is 4.33. The SMILES string of the molecule is CCn1cc(NC(=O)[C@@H](C)n2cc(Br)c(C)n2)c(C(=O)NCc2ccco2)n1. The highest BCUT2D eigenvalue weighted by atomic mass is 79.9. The van der Waals surface area contributed by atoms with E-state index in [1.54, 1.807) is 40.8 Å². The van der Waals surface area contributed by atoms with Crippen LogP contribution in [0.1, 0.15) is 41.8 Å². The van der Waals surface area contributed by atoms with Gasteiger partial charge in [0.25, 0.3) is 5.91 Å². The van der Waals surface area contributed by atoms with E-state index < -0.39 is 11.9 Å². The Hall–Kier alpha value is -2.88. The lowest BCUT2D eigenvalue weighted by molar-refractivity contribution is -0.119. The molecule has 148 valence electrons. The van der Waals surface area contributed by atoms with Gasteiger partial charge in [0.1, 0.15) is 11.8 Å². The van der Waals surface area contributed by atoms with Crippen molar-refractivity contribution in [1.82, 2.24) is 24.9 Å². The molecule has 0 radical (unpaired) electrons. The molecule has 0 saturated carbocycles. The first-order valence-electron chi connectivity index (χ1n) is 8.79. The molecule has 0 aliphatic heterocycles. The minimum absolute atomic E-state index is 0.145. The molecule has 3 rings (SSSR count). The summed E-state index contributed by atoms with van der Waals surface area (Å²) in [5.41, 5.74) is 1.28. The van der Waals surface area contributed by atoms with Crippen LogP contribution >= 0.6 is 15.9 Å². The van der Waals surface area contributed by atoms with Gasteiger partial charge in [0.15, 0.2) is 5.69 Å². The zero-order chi connectivity index (χ0) is 20.3. The number of nitrogens with one attached hydrogen (secondary N) is 2. The Morgan fingerprint density at radius 2 is 2.11 bits per heavy atom. The van der Waals surface area contributed by atoms with Crippen molar-refractivity contribution in [2.45, 2.75) is 39.9 Å². The van der Waals surface area contributed by atoms with Gasteiger partial charge in [-0.15, -0.1) is 0 Å². The minimum Gasteiger partial charge on any atom is -0.467 e. The molecule has 28 heavy (non-hydrogen) atoms. The van der Waals surface area contributed by atoms with Crippen molar-refractivity contribution >= 4 is 33.4 Å². The van der Waals surface area contributed by atoms with Gasteiger partial charge in [-0.2, -0.15) is 10.2 Å². The van der Waals surface area contributed by atoms with Gasteiger partial charge in [0, 0.05) is 18.9 Å². The van der Waals surface area contributed by atoms with Crippen molar-refractivity contribution in [3.8, 4) is 0 Å². The van der Waals surface area contributed by atoms with Crippen molar-refractivity contribution in [3.63, 3.8) is 0 Å². The summed E-state index contributed by atoms with van der Waals surface area (Å²) in [5, 5.41) is 14.1. The van der Waals surface area contributed by atoms with E-state index in [0.29, 0.717) is 18.0 Å². The number of amides is 2. The monoisotopic (exact) mass is 448 g/mol. The van der Waals surface area contributed by atoms with E-state index in [2.05, 4.69) is 36.8 Å². The van der Waals surface area contributed by atoms with Gasteiger partial charge in [-0.05, 0) is 48.8 Å². The topological polar surface area (TPSA) is 107 Å². The Labute approximate surface area is 170 Å². The molecule has 0 unspecified atom stereocenters. The van der Waals surface area contributed by atoms with Crippen LogP contribution in [0.3, 0.4) is 0 Å². The third-order valence-electron chi connectivity index (χ3n) is 4.19. The van der Waals surface area contributed by atoms with Gasteiger partial charge < -0.3 is 15.1 Å². The molecule has 3 heterocycles. The second-order valence-electron chi connectivity index (χ2n) is 6.22. The quantitative estimate of drug-likeness (QED) is 0.577. The fourth-order valence-electron chi connectivity index (χ4n) is 2.52. The largest absolute Gasteiger partial charge is 0.467 e. The van der Waals surface area contributed by atoms with E-state index in [4.69, 9.17) is 4.42 Å². The molecular weight excluding hydrogens is 428 g/mol. The molecule has 0 aromatic carbocycles. The number of hydrogen-bond acceptors (Lipinski definition) is 5. The predicted molar refractivity (Wildman–Crippen MR) is 106 cm³/mol. The first-order valence-corrected chi connectivity index (χ1v) is 9.58. The van der Waals surface area contributed by atoms with Crippen LogP contribution in [0, 0.1) is 6.92 Å². The maximum Gasteiger partial charge on any atom is 0.274 e. The number of rotatable bonds is 7. The predicted octanol–water partition coefficient (Wildman–Crippen LogP) is 2.89. The highest BCUT2D eigenvalue weighted by Crippen LogP contribution is 2.20. The Morgan fingerprint density at radius 3 is 2.71 bits per heavy atom. The highest BCUT2D eigenvalue weighted by Gasteiger charge is 2.22. The molecular formula is C18H21BrN6O3. The smallest absolute Gasteiger partial charge is 0.274 e. The molecule has 3 aromatic rings. The summed E-state index contributed by atoms with van der Waals surface area (Å²) in [4.78, 5) is 25.2. The van der Waals surface area contributed by atoms with E-state index in [0.717, 1.165) is 10.2 Å². The molecule has 0 fully saturated rings. The maximum absolute atomic E-state index is 12.7. The van der Waals surface area contributed by atoms with E-state index >= 15 is 0 Å². The van der Waals surface area contributed by atoms with Gasteiger partial charge in [-0.25, -0.2) is 0 Å². The normalized spacial score (nSPS) is 12.0. The number of furan rings is 1. The van der Waals surface area contributed by atoms with Gasteiger partial charge in [-0.3, -0.25) is 19.0 Å². The van der Waals surface area contributed by atoms with Gasteiger partial charge >= 0.3 is 0 Å². The Balaban J connectivity index is 1.74. The van der Waals surface area contributed by atoms with Crippen LogP contribution < -0.4 is 10.6 Å². The second kappa shape index (κ2) is 8.42. The summed E-state index contributed by atoms with van der Waals surface area (Å²) in [5.74, 6) is -0.0721. The summed E-state index contributed by atoms with van der Waals surface area (Å²) >= 11 is 3.39. The number of carbonyl (C=O) groups is 2. The molecule has 1 atom stereocenters. The Bertz CT molecular complexity index is 956. The zero-order valence-corrected chi connectivity index (χ0v) is 17.4. The van der Waals surface area contributed by atoms with Crippen molar-refractivity contribution in [2.24, 2.45) is 0 Å². The average molecular weight is 449 g/mol. The van der Waals surface area contributed by atoms with E-state index in [1.807, 2.05) is 13.8 Å². The summed E-state index contributed by atoms with van der Waals surface area (Å²) in [7, 11) is 0. The first kappa shape index (κ1) is 19.9. The number of nitrogens with zero attached hydrogens (tertiary/aromatic N) is 4. The van der Waals surface area contributed by atoms with Gasteiger partial charge in [-0.1, -0.05) is 0 Å². The van der Waals surface area contributed by atoms with Crippen LogP contribution in [0.5, 0.6) is 0 Å². The average Bonchev–Trinajstić information content (AvgIpc) is 3.40.